The number of carbonyl (C=O) groups excluding carboxylic acids is 2. The number of ether oxygens (including phenoxy) is 1. The van der Waals surface area contributed by atoms with Crippen LogP contribution in [-0.2, 0) is 4.79 Å². The van der Waals surface area contributed by atoms with Gasteiger partial charge in [-0.15, -0.1) is 0 Å². The Balaban J connectivity index is 1.57. The quantitative estimate of drug-likeness (QED) is 0.320. The number of nitro groups is 1. The molecule has 2 aromatic carbocycles. The topological polar surface area (TPSA) is 103 Å². The van der Waals surface area contributed by atoms with Crippen LogP contribution < -0.4 is 9.64 Å². The van der Waals surface area contributed by atoms with Gasteiger partial charge in [0.25, 0.3) is 16.8 Å². The number of furan rings is 1. The minimum Gasteiger partial charge on any atom is -0.497 e. The Bertz CT molecular complexity index is 1180. The molecule has 1 aromatic heterocycles. The molecule has 0 bridgehead atoms. The summed E-state index contributed by atoms with van der Waals surface area (Å²) in [4.78, 5) is 36.8. The molecule has 9 heteroatoms. The molecule has 8 nitrogen and oxygen atoms in total. The van der Waals surface area contributed by atoms with E-state index >= 15 is 0 Å². The number of hydrogen-bond donors (Lipinski definition) is 0. The molecule has 0 spiro atoms. The number of benzene rings is 2. The molecule has 0 saturated carbocycles. The lowest BCUT2D eigenvalue weighted by Gasteiger charge is -2.13. The summed E-state index contributed by atoms with van der Waals surface area (Å²) in [6.07, 6.45) is 1.50. The van der Waals surface area contributed by atoms with Crippen LogP contribution in [0.1, 0.15) is 5.76 Å². The largest absolute Gasteiger partial charge is 0.497 e. The fraction of sp³-hybridized carbons (Fsp3) is 0.0476. The molecule has 3 aromatic rings. The lowest BCUT2D eigenvalue weighted by atomic mass is 10.1. The Kier molecular flexibility index (Phi) is 5.11. The summed E-state index contributed by atoms with van der Waals surface area (Å²) in [5.41, 5.74) is 1.06. The van der Waals surface area contributed by atoms with Crippen molar-refractivity contribution in [2.45, 2.75) is 0 Å². The van der Waals surface area contributed by atoms with Crippen LogP contribution in [0.15, 0.2) is 70.0 Å². The van der Waals surface area contributed by atoms with Crippen LogP contribution >= 0.6 is 11.8 Å². The van der Waals surface area contributed by atoms with Gasteiger partial charge in [0.15, 0.2) is 0 Å². The third kappa shape index (κ3) is 3.70. The average Bonchev–Trinajstić information content (AvgIpc) is 3.32. The second kappa shape index (κ2) is 7.88. The standard InChI is InChI=1S/C21H14N2O6S/c1-28-16-4-2-3-15(11-16)22-20(24)19(30-21(22)25)12-17-9-10-18(29-17)13-5-7-14(8-6-13)23(26)27/h2-12H,1H3/b19-12+. The number of imide groups is 1. The van der Waals surface area contributed by atoms with Gasteiger partial charge in [-0.1, -0.05) is 6.07 Å². The summed E-state index contributed by atoms with van der Waals surface area (Å²) < 4.78 is 10.9. The molecule has 2 heterocycles. The van der Waals surface area contributed by atoms with Gasteiger partial charge in [0, 0.05) is 29.8 Å². The maximum atomic E-state index is 12.8. The first kappa shape index (κ1) is 19.5. The number of thioether (sulfide) groups is 1. The number of anilines is 1. The molecule has 0 radical (unpaired) electrons. The highest BCUT2D eigenvalue weighted by atomic mass is 32.2. The summed E-state index contributed by atoms with van der Waals surface area (Å²) in [6, 6.07) is 16.0. The van der Waals surface area contributed by atoms with Crippen molar-refractivity contribution >= 4 is 40.4 Å². The maximum absolute atomic E-state index is 12.8. The zero-order chi connectivity index (χ0) is 21.3. The smallest absolute Gasteiger partial charge is 0.298 e. The molecule has 4 rings (SSSR count). The van der Waals surface area contributed by atoms with E-state index in [1.165, 1.54) is 25.3 Å². The second-order valence-electron chi connectivity index (χ2n) is 6.22. The number of hydrogen-bond acceptors (Lipinski definition) is 7. The van der Waals surface area contributed by atoms with E-state index in [4.69, 9.17) is 9.15 Å². The monoisotopic (exact) mass is 422 g/mol. The van der Waals surface area contributed by atoms with E-state index in [2.05, 4.69) is 0 Å². The highest BCUT2D eigenvalue weighted by molar-refractivity contribution is 8.19. The highest BCUT2D eigenvalue weighted by Crippen LogP contribution is 2.37. The first-order chi connectivity index (χ1) is 14.5. The van der Waals surface area contributed by atoms with E-state index in [-0.39, 0.29) is 10.6 Å². The number of methoxy groups -OCH3 is 1. The summed E-state index contributed by atoms with van der Waals surface area (Å²) in [6.45, 7) is 0. The molecular weight excluding hydrogens is 408 g/mol. The lowest BCUT2D eigenvalue weighted by molar-refractivity contribution is -0.384. The van der Waals surface area contributed by atoms with Crippen molar-refractivity contribution in [2.24, 2.45) is 0 Å². The van der Waals surface area contributed by atoms with Crippen LogP contribution in [0.25, 0.3) is 17.4 Å². The number of nitrogens with zero attached hydrogens (tertiary/aromatic N) is 2. The van der Waals surface area contributed by atoms with Crippen molar-refractivity contribution in [3.8, 4) is 17.1 Å². The number of nitro benzene ring substituents is 1. The van der Waals surface area contributed by atoms with E-state index in [1.807, 2.05) is 0 Å². The van der Waals surface area contributed by atoms with Crippen LogP contribution in [-0.4, -0.2) is 23.2 Å². The molecule has 30 heavy (non-hydrogen) atoms. The number of rotatable bonds is 5. The van der Waals surface area contributed by atoms with Crippen molar-refractivity contribution in [3.05, 3.63) is 81.4 Å². The van der Waals surface area contributed by atoms with Crippen molar-refractivity contribution < 1.29 is 23.7 Å². The summed E-state index contributed by atoms with van der Waals surface area (Å²) in [7, 11) is 1.51. The van der Waals surface area contributed by atoms with Gasteiger partial charge in [-0.2, -0.15) is 0 Å². The van der Waals surface area contributed by atoms with Gasteiger partial charge in [0.05, 0.1) is 22.6 Å². The number of non-ortho nitro benzene ring substituents is 1. The molecular formula is C21H14N2O6S. The first-order valence-corrected chi connectivity index (χ1v) is 9.54. The highest BCUT2D eigenvalue weighted by Gasteiger charge is 2.36. The second-order valence-corrected chi connectivity index (χ2v) is 7.22. The molecule has 1 aliphatic heterocycles. The Morgan fingerprint density at radius 2 is 1.87 bits per heavy atom. The molecule has 0 atom stereocenters. The van der Waals surface area contributed by atoms with Crippen LogP contribution in [0.5, 0.6) is 5.75 Å². The van der Waals surface area contributed by atoms with Gasteiger partial charge < -0.3 is 9.15 Å². The Morgan fingerprint density at radius 1 is 1.10 bits per heavy atom. The first-order valence-electron chi connectivity index (χ1n) is 8.73. The summed E-state index contributed by atoms with van der Waals surface area (Å²) in [5, 5.41) is 10.4. The van der Waals surface area contributed by atoms with Gasteiger partial charge in [-0.05, 0) is 48.2 Å². The van der Waals surface area contributed by atoms with E-state index in [1.54, 1.807) is 48.5 Å². The molecule has 1 aliphatic rings. The summed E-state index contributed by atoms with van der Waals surface area (Å²) >= 11 is 0.818. The fourth-order valence-electron chi connectivity index (χ4n) is 2.90. The SMILES string of the molecule is COc1cccc(N2C(=O)S/C(=C/c3ccc(-c4ccc([N+](=O)[O-])cc4)o3)C2=O)c1. The molecule has 0 aliphatic carbocycles. The number of amides is 2. The van der Waals surface area contributed by atoms with Crippen LogP contribution in [0, 0.1) is 10.1 Å². The van der Waals surface area contributed by atoms with Gasteiger partial charge in [-0.3, -0.25) is 19.7 Å². The molecule has 150 valence electrons. The minimum atomic E-state index is -0.476. The Hall–Kier alpha value is -3.85. The van der Waals surface area contributed by atoms with Crippen molar-refractivity contribution in [2.75, 3.05) is 12.0 Å². The van der Waals surface area contributed by atoms with Crippen molar-refractivity contribution in [1.82, 2.24) is 0 Å². The van der Waals surface area contributed by atoms with E-state index in [0.29, 0.717) is 28.5 Å². The average molecular weight is 422 g/mol. The maximum Gasteiger partial charge on any atom is 0.298 e. The predicted octanol–water partition coefficient (Wildman–Crippen LogP) is 5.10. The molecule has 1 saturated heterocycles. The molecule has 2 amide bonds. The third-order valence-electron chi connectivity index (χ3n) is 4.37. The van der Waals surface area contributed by atoms with Crippen LogP contribution in [0.4, 0.5) is 16.2 Å². The van der Waals surface area contributed by atoms with Gasteiger partial charge in [0.2, 0.25) is 0 Å². The van der Waals surface area contributed by atoms with Gasteiger partial charge >= 0.3 is 0 Å². The van der Waals surface area contributed by atoms with E-state index in [0.717, 1.165) is 16.7 Å². The van der Waals surface area contributed by atoms with Crippen molar-refractivity contribution in [1.29, 1.82) is 0 Å². The minimum absolute atomic E-state index is 0.0169. The molecule has 0 unspecified atom stereocenters. The third-order valence-corrected chi connectivity index (χ3v) is 5.24. The van der Waals surface area contributed by atoms with E-state index in [9.17, 15) is 19.7 Å². The van der Waals surface area contributed by atoms with Crippen molar-refractivity contribution in [3.63, 3.8) is 0 Å². The summed E-state index contributed by atoms with van der Waals surface area (Å²) in [5.74, 6) is 0.962. The molecule has 0 N–H and O–H groups in total. The lowest BCUT2D eigenvalue weighted by Crippen LogP contribution is -2.27. The molecule has 1 fully saturated rings. The number of carbonyl (C=O) groups is 2. The van der Waals surface area contributed by atoms with Crippen LogP contribution in [0.3, 0.4) is 0 Å². The van der Waals surface area contributed by atoms with E-state index < -0.39 is 16.1 Å². The van der Waals surface area contributed by atoms with Crippen LogP contribution in [0.2, 0.25) is 0 Å². The zero-order valence-electron chi connectivity index (χ0n) is 15.6. The fourth-order valence-corrected chi connectivity index (χ4v) is 3.72. The Morgan fingerprint density at radius 3 is 2.57 bits per heavy atom. The Labute approximate surface area is 174 Å². The van der Waals surface area contributed by atoms with Gasteiger partial charge in [0.1, 0.15) is 17.3 Å². The normalized spacial score (nSPS) is 15.1. The predicted molar refractivity (Wildman–Crippen MR) is 112 cm³/mol. The van der Waals surface area contributed by atoms with Gasteiger partial charge in [-0.25, -0.2) is 4.90 Å². The zero-order valence-corrected chi connectivity index (χ0v) is 16.4.